The van der Waals surface area contributed by atoms with Gasteiger partial charge in [0.1, 0.15) is 29.0 Å². The molecule has 1 amide bonds. The molecule has 3 aromatic heterocycles. The monoisotopic (exact) mass is 419 g/mol. The number of nitrogens with one attached hydrogen (secondary N) is 2. The number of pyridine rings is 1. The fraction of sp³-hybridized carbons (Fsp3) is 0.0952. The van der Waals surface area contributed by atoms with E-state index in [9.17, 15) is 13.6 Å². The van der Waals surface area contributed by atoms with Crippen molar-refractivity contribution in [3.63, 3.8) is 0 Å². The molecule has 31 heavy (non-hydrogen) atoms. The molecular weight excluding hydrogens is 404 g/mol. The van der Waals surface area contributed by atoms with Crippen molar-refractivity contribution in [3.05, 3.63) is 77.9 Å². The molecule has 154 valence electrons. The second kappa shape index (κ2) is 8.54. The van der Waals surface area contributed by atoms with Crippen LogP contribution in [0, 0.1) is 23.0 Å². The number of carbonyl (C=O) groups excluding carboxylic acids is 1. The minimum absolute atomic E-state index is 0.220. The zero-order valence-electron chi connectivity index (χ0n) is 16.0. The van der Waals surface area contributed by atoms with Crippen molar-refractivity contribution >= 4 is 5.91 Å². The van der Waals surface area contributed by atoms with Crippen LogP contribution in [0.1, 0.15) is 16.1 Å². The van der Waals surface area contributed by atoms with Crippen molar-refractivity contribution in [2.75, 3.05) is 6.54 Å². The number of aromatic amines is 1. The number of rotatable bonds is 6. The van der Waals surface area contributed by atoms with Crippen LogP contribution in [0.15, 0.2) is 55.0 Å². The molecule has 0 bridgehead atoms. The first-order valence-corrected chi connectivity index (χ1v) is 9.22. The van der Waals surface area contributed by atoms with Crippen LogP contribution in [0.25, 0.3) is 22.5 Å². The van der Waals surface area contributed by atoms with Gasteiger partial charge in [0.25, 0.3) is 5.91 Å². The van der Waals surface area contributed by atoms with Crippen LogP contribution in [0.3, 0.4) is 0 Å². The van der Waals surface area contributed by atoms with Crippen molar-refractivity contribution in [2.45, 2.75) is 6.54 Å². The summed E-state index contributed by atoms with van der Waals surface area (Å²) in [7, 11) is 0. The van der Waals surface area contributed by atoms with Gasteiger partial charge in [0, 0.05) is 36.3 Å². The second-order valence-electron chi connectivity index (χ2n) is 6.56. The number of carbonyl (C=O) groups is 1. The third kappa shape index (κ3) is 4.30. The molecule has 2 N–H and O–H groups in total. The fourth-order valence-electron chi connectivity index (χ4n) is 2.95. The maximum Gasteiger partial charge on any atom is 0.269 e. The van der Waals surface area contributed by atoms with Crippen molar-refractivity contribution in [2.24, 2.45) is 0 Å². The van der Waals surface area contributed by atoms with Gasteiger partial charge in [0.05, 0.1) is 17.9 Å². The zero-order chi connectivity index (χ0) is 21.8. The summed E-state index contributed by atoms with van der Waals surface area (Å²) in [5, 5.41) is 22.6. The molecule has 0 unspecified atom stereocenters. The number of H-pyrrole nitrogens is 1. The van der Waals surface area contributed by atoms with Crippen molar-refractivity contribution in [3.8, 4) is 28.6 Å². The second-order valence-corrected chi connectivity index (χ2v) is 6.56. The SMILES string of the molecule is N#Cc1c(F)cc(-c2ccn(CCNC(=O)c3cc(-c4cccnc4)n[nH]3)n2)cc1F. The van der Waals surface area contributed by atoms with E-state index in [1.54, 1.807) is 36.8 Å². The standard InChI is InChI=1S/C21H15F2N7O/c22-16-8-14(9-17(23)15(16)11-24)18-3-6-30(29-18)7-5-26-21(31)20-10-19(27-28-20)13-2-1-4-25-12-13/h1-4,6,8-10,12H,5,7H2,(H,26,31)(H,27,28). The van der Waals surface area contributed by atoms with E-state index in [2.05, 4.69) is 25.6 Å². The maximum absolute atomic E-state index is 13.8. The summed E-state index contributed by atoms with van der Waals surface area (Å²) in [6.07, 6.45) is 4.93. The molecule has 1 aromatic carbocycles. The van der Waals surface area contributed by atoms with Crippen LogP contribution in [0.2, 0.25) is 0 Å². The topological polar surface area (TPSA) is 112 Å². The van der Waals surface area contributed by atoms with E-state index in [4.69, 9.17) is 5.26 Å². The van der Waals surface area contributed by atoms with Crippen LogP contribution >= 0.6 is 0 Å². The molecular formula is C21H15F2N7O. The molecule has 4 aromatic rings. The summed E-state index contributed by atoms with van der Waals surface area (Å²) < 4.78 is 29.2. The van der Waals surface area contributed by atoms with E-state index in [1.807, 2.05) is 6.07 Å². The van der Waals surface area contributed by atoms with Gasteiger partial charge in [-0.3, -0.25) is 19.6 Å². The number of aromatic nitrogens is 5. The normalized spacial score (nSPS) is 10.6. The average molecular weight is 419 g/mol. The Hall–Kier alpha value is -4.39. The number of halogens is 2. The number of hydrogen-bond acceptors (Lipinski definition) is 5. The molecule has 0 aliphatic heterocycles. The molecule has 4 rings (SSSR count). The average Bonchev–Trinajstić information content (AvgIpc) is 3.44. The Bertz CT molecular complexity index is 1250. The number of benzene rings is 1. The molecule has 0 aliphatic rings. The van der Waals surface area contributed by atoms with Gasteiger partial charge in [0.15, 0.2) is 0 Å². The minimum Gasteiger partial charge on any atom is -0.349 e. The van der Waals surface area contributed by atoms with Crippen molar-refractivity contribution < 1.29 is 13.6 Å². The van der Waals surface area contributed by atoms with Crippen molar-refractivity contribution in [1.29, 1.82) is 5.26 Å². The molecule has 3 heterocycles. The third-order valence-corrected chi connectivity index (χ3v) is 4.50. The van der Waals surface area contributed by atoms with Gasteiger partial charge in [-0.15, -0.1) is 0 Å². The van der Waals surface area contributed by atoms with Crippen LogP contribution in [-0.2, 0) is 6.54 Å². The van der Waals surface area contributed by atoms with Gasteiger partial charge in [-0.1, -0.05) is 0 Å². The quantitative estimate of drug-likeness (QED) is 0.499. The lowest BCUT2D eigenvalue weighted by Crippen LogP contribution is -2.27. The van der Waals surface area contributed by atoms with Crippen LogP contribution in [0.4, 0.5) is 8.78 Å². The predicted octanol–water partition coefficient (Wildman–Crippen LogP) is 2.92. The summed E-state index contributed by atoms with van der Waals surface area (Å²) in [5.74, 6) is -2.21. The number of nitrogens with zero attached hydrogens (tertiary/aromatic N) is 5. The van der Waals surface area contributed by atoms with E-state index >= 15 is 0 Å². The van der Waals surface area contributed by atoms with E-state index in [1.165, 1.54) is 10.8 Å². The highest BCUT2D eigenvalue weighted by Crippen LogP contribution is 2.22. The van der Waals surface area contributed by atoms with Crippen LogP contribution in [-0.4, -0.2) is 37.4 Å². The summed E-state index contributed by atoms with van der Waals surface area (Å²) >= 11 is 0. The molecule has 0 saturated heterocycles. The largest absolute Gasteiger partial charge is 0.349 e. The smallest absolute Gasteiger partial charge is 0.269 e. The summed E-state index contributed by atoms with van der Waals surface area (Å²) in [5.41, 5.74) is 1.65. The van der Waals surface area contributed by atoms with Crippen molar-refractivity contribution in [1.82, 2.24) is 30.3 Å². The molecule has 0 aliphatic carbocycles. The first-order valence-electron chi connectivity index (χ1n) is 9.22. The van der Waals surface area contributed by atoms with Gasteiger partial charge in [-0.05, 0) is 36.4 Å². The molecule has 0 radical (unpaired) electrons. The summed E-state index contributed by atoms with van der Waals surface area (Å²) in [6.45, 7) is 0.619. The van der Waals surface area contributed by atoms with Gasteiger partial charge < -0.3 is 5.32 Å². The Kier molecular flexibility index (Phi) is 5.49. The Morgan fingerprint density at radius 2 is 1.97 bits per heavy atom. The molecule has 8 nitrogen and oxygen atoms in total. The Morgan fingerprint density at radius 1 is 1.16 bits per heavy atom. The summed E-state index contributed by atoms with van der Waals surface area (Å²) in [4.78, 5) is 16.3. The molecule has 10 heteroatoms. The van der Waals surface area contributed by atoms with Gasteiger partial charge in [0.2, 0.25) is 0 Å². The number of nitriles is 1. The first-order chi connectivity index (χ1) is 15.0. The highest BCUT2D eigenvalue weighted by molar-refractivity contribution is 5.93. The number of hydrogen-bond donors (Lipinski definition) is 2. The Balaban J connectivity index is 1.36. The van der Waals surface area contributed by atoms with Gasteiger partial charge in [-0.2, -0.15) is 15.5 Å². The molecule has 0 spiro atoms. The fourth-order valence-corrected chi connectivity index (χ4v) is 2.95. The van der Waals surface area contributed by atoms with Gasteiger partial charge in [-0.25, -0.2) is 8.78 Å². The van der Waals surface area contributed by atoms with E-state index in [0.717, 1.165) is 17.7 Å². The van der Waals surface area contributed by atoms with E-state index in [-0.39, 0.29) is 18.0 Å². The molecule has 0 atom stereocenters. The molecule has 0 fully saturated rings. The van der Waals surface area contributed by atoms with Crippen LogP contribution in [0.5, 0.6) is 0 Å². The first kappa shape index (κ1) is 19.9. The highest BCUT2D eigenvalue weighted by atomic mass is 19.1. The highest BCUT2D eigenvalue weighted by Gasteiger charge is 2.14. The number of amides is 1. The zero-order valence-corrected chi connectivity index (χ0v) is 16.0. The lowest BCUT2D eigenvalue weighted by Gasteiger charge is -2.04. The summed E-state index contributed by atoms with van der Waals surface area (Å²) in [6, 6.07) is 10.5. The van der Waals surface area contributed by atoms with Crippen LogP contribution < -0.4 is 5.32 Å². The van der Waals surface area contributed by atoms with E-state index < -0.39 is 17.2 Å². The Morgan fingerprint density at radius 3 is 2.68 bits per heavy atom. The maximum atomic E-state index is 13.8. The Labute approximate surface area is 175 Å². The molecule has 0 saturated carbocycles. The lowest BCUT2D eigenvalue weighted by molar-refractivity contribution is 0.0947. The lowest BCUT2D eigenvalue weighted by atomic mass is 10.1. The van der Waals surface area contributed by atoms with Gasteiger partial charge >= 0.3 is 0 Å². The predicted molar refractivity (Wildman–Crippen MR) is 106 cm³/mol. The third-order valence-electron chi connectivity index (χ3n) is 4.50. The minimum atomic E-state index is -0.940. The van der Waals surface area contributed by atoms with E-state index in [0.29, 0.717) is 23.6 Å².